The average Bonchev–Trinajstić information content (AvgIpc) is 1.76. The van der Waals surface area contributed by atoms with Crippen molar-refractivity contribution in [3.05, 3.63) is 212 Å². The van der Waals surface area contributed by atoms with Gasteiger partial charge in [-0.3, -0.25) is 28.8 Å². The number of rotatable bonds is 24. The molecule has 0 radical (unpaired) electrons. The lowest BCUT2D eigenvalue weighted by Gasteiger charge is -2.36. The normalized spacial score (nSPS) is 14.0. The van der Waals surface area contributed by atoms with Crippen LogP contribution >= 0.6 is 11.6 Å². The Morgan fingerprint density at radius 1 is 0.526 bits per heavy atom. The van der Waals surface area contributed by atoms with E-state index in [-0.39, 0.29) is 53.9 Å². The van der Waals surface area contributed by atoms with Gasteiger partial charge in [-0.05, 0) is 164 Å². The van der Waals surface area contributed by atoms with Gasteiger partial charge >= 0.3 is 0 Å². The van der Waals surface area contributed by atoms with Crippen molar-refractivity contribution in [3.8, 4) is 33.6 Å². The number of aromatic nitrogens is 4. The summed E-state index contributed by atoms with van der Waals surface area (Å²) in [5.41, 5.74) is 10.7. The molecule has 0 fully saturated rings. The van der Waals surface area contributed by atoms with Crippen molar-refractivity contribution in [1.82, 2.24) is 49.4 Å². The summed E-state index contributed by atoms with van der Waals surface area (Å²) in [5, 5.41) is 33.2. The van der Waals surface area contributed by atoms with E-state index in [1.807, 2.05) is 90.4 Å². The number of amides is 6. The van der Waals surface area contributed by atoms with Gasteiger partial charge < -0.3 is 40.0 Å². The summed E-state index contributed by atoms with van der Waals surface area (Å²) in [4.78, 5) is 90.6. The van der Waals surface area contributed by atoms with Crippen molar-refractivity contribution in [3.63, 3.8) is 0 Å². The van der Waals surface area contributed by atoms with Gasteiger partial charge in [-0.2, -0.15) is 10.2 Å². The Bertz CT molecular complexity index is 4150. The number of carbonyl (C=O) groups excluding carboxylic acids is 6. The topological polar surface area (TPSA) is 207 Å². The van der Waals surface area contributed by atoms with Gasteiger partial charge in [0.2, 0.25) is 0 Å². The lowest BCUT2D eigenvalue weighted by atomic mass is 9.93. The molecule has 0 aliphatic carbocycles. The number of nitrogens with zero attached hydrogens (tertiary/aromatic N) is 9. The average molecular weight is 1340 g/mol. The number of fused-ring (bicyclic) bond motifs is 2. The number of unbranched alkanes of at least 4 members (excludes halogenated alkanes) is 4. The standard InChI is InChI=1S/C39H46ClN5O4.C38H44FN5O4/c1-6-8-18-43(19-9-7-2)39(49)35-20-26(3)45(41-35)36-17-15-29(28-14-16-34(40)32(22-28)37(47)42(4)5)23-33(36)38(48)44-24-30-13-11-10-12-27(30)21-31(44)25-46;1-5-7-15-42(16-8-6-2)38(48)34-17-25(3)44(41-34)35-14-13-27(29-18-30(36(46)40-4)20-31(39)19-29)22-33(35)37(47)43-23-28-12-10-9-11-26(28)21-32(43)24-45/h10-17,20,22-23,31,46H,6-9,18-19,21,24-25H2,1-5H3;9-14,17-20,22,32,45H,5-8,15-16,21,23-24H2,1-4H3,(H,40,46)/t31-;32-/m00/s1. The number of aliphatic hydroxyl groups excluding tert-OH is 2. The van der Waals surface area contributed by atoms with Crippen molar-refractivity contribution < 1.29 is 43.4 Å². The molecule has 3 N–H and O–H groups in total. The molecule has 2 aliphatic rings. The molecule has 6 aromatic carbocycles. The number of aliphatic hydroxyl groups is 2. The van der Waals surface area contributed by atoms with E-state index in [2.05, 4.69) is 33.0 Å². The molecular weight excluding hydrogens is 1250 g/mol. The second-order valence-corrected chi connectivity index (χ2v) is 25.7. The summed E-state index contributed by atoms with van der Waals surface area (Å²) >= 11 is 6.43. The van der Waals surface area contributed by atoms with Crippen LogP contribution in [0.25, 0.3) is 33.6 Å². The Morgan fingerprint density at radius 2 is 0.928 bits per heavy atom. The van der Waals surface area contributed by atoms with Crippen LogP contribution in [0.1, 0.15) is 175 Å². The second-order valence-electron chi connectivity index (χ2n) is 25.3. The van der Waals surface area contributed by atoms with Crippen LogP contribution in [-0.4, -0.2) is 162 Å². The van der Waals surface area contributed by atoms with Crippen molar-refractivity contribution in [2.45, 2.75) is 131 Å². The van der Waals surface area contributed by atoms with E-state index in [0.717, 1.165) is 79.7 Å². The van der Waals surface area contributed by atoms with Crippen LogP contribution in [0.3, 0.4) is 0 Å². The lowest BCUT2D eigenvalue weighted by Crippen LogP contribution is -2.46. The highest BCUT2D eigenvalue weighted by Crippen LogP contribution is 2.35. The van der Waals surface area contributed by atoms with Crippen molar-refractivity contribution in [2.75, 3.05) is 60.5 Å². The summed E-state index contributed by atoms with van der Waals surface area (Å²) in [6.45, 7) is 15.0. The minimum Gasteiger partial charge on any atom is -0.394 e. The third-order valence-electron chi connectivity index (χ3n) is 18.1. The van der Waals surface area contributed by atoms with Gasteiger partial charge in [-0.15, -0.1) is 0 Å². The Labute approximate surface area is 573 Å². The van der Waals surface area contributed by atoms with Crippen LogP contribution in [0.4, 0.5) is 4.39 Å². The molecule has 8 aromatic rings. The van der Waals surface area contributed by atoms with Crippen molar-refractivity contribution >= 4 is 47.0 Å². The van der Waals surface area contributed by atoms with Gasteiger partial charge in [0.1, 0.15) is 5.82 Å². The fraction of sp³-hybridized carbons (Fsp3) is 0.377. The molecule has 2 atom stereocenters. The van der Waals surface area contributed by atoms with E-state index in [4.69, 9.17) is 21.8 Å². The maximum atomic E-state index is 14.8. The first-order valence-corrected chi connectivity index (χ1v) is 34.2. The molecule has 0 saturated heterocycles. The molecular formula is C77H90ClFN10O8. The largest absolute Gasteiger partial charge is 0.394 e. The summed E-state index contributed by atoms with van der Waals surface area (Å²) in [7, 11) is 4.82. The predicted octanol–water partition coefficient (Wildman–Crippen LogP) is 12.8. The van der Waals surface area contributed by atoms with Crippen molar-refractivity contribution in [1.29, 1.82) is 0 Å². The minimum absolute atomic E-state index is 0.125. The fourth-order valence-electron chi connectivity index (χ4n) is 12.6. The van der Waals surface area contributed by atoms with Crippen LogP contribution in [-0.2, 0) is 25.9 Å². The first-order chi connectivity index (χ1) is 46.7. The number of hydrogen-bond donors (Lipinski definition) is 3. The third-order valence-corrected chi connectivity index (χ3v) is 18.5. The predicted molar refractivity (Wildman–Crippen MR) is 377 cm³/mol. The molecule has 18 nitrogen and oxygen atoms in total. The number of benzene rings is 6. The van der Waals surface area contributed by atoms with Gasteiger partial charge in [0.15, 0.2) is 11.4 Å². The van der Waals surface area contributed by atoms with Gasteiger partial charge in [0.05, 0.1) is 58.4 Å². The second kappa shape index (κ2) is 33.1. The number of halogens is 2. The SMILES string of the molecule is CCCCN(CCCC)C(=O)c1cc(C)n(-c2ccc(-c3cc(F)cc(C(=O)NC)c3)cc2C(=O)N2Cc3ccccc3C[C@H]2CO)n1.CCCCN(CCCC)C(=O)c1cc(C)n(-c2ccc(-c3ccc(Cl)c(C(=O)N(C)C)c3)cc2C(=O)N2Cc3ccccc3C[C@H]2CO)n1. The van der Waals surface area contributed by atoms with Crippen LogP contribution in [0, 0.1) is 19.7 Å². The molecule has 10 rings (SSSR count). The van der Waals surface area contributed by atoms with E-state index in [0.29, 0.717) is 125 Å². The lowest BCUT2D eigenvalue weighted by molar-refractivity contribution is 0.0539. The third kappa shape index (κ3) is 16.6. The fourth-order valence-corrected chi connectivity index (χ4v) is 12.8. The molecule has 4 heterocycles. The van der Waals surface area contributed by atoms with Gasteiger partial charge in [0, 0.05) is 77.4 Å². The maximum Gasteiger partial charge on any atom is 0.274 e. The van der Waals surface area contributed by atoms with E-state index in [1.54, 1.807) is 87.9 Å². The van der Waals surface area contributed by atoms with E-state index < -0.39 is 23.8 Å². The molecule has 0 unspecified atom stereocenters. The molecule has 0 bridgehead atoms. The Morgan fingerprint density at radius 3 is 1.33 bits per heavy atom. The summed E-state index contributed by atoms with van der Waals surface area (Å²) < 4.78 is 18.0. The molecule has 510 valence electrons. The molecule has 6 amide bonds. The number of hydrogen-bond acceptors (Lipinski definition) is 10. The van der Waals surface area contributed by atoms with Crippen LogP contribution in [0.5, 0.6) is 0 Å². The molecule has 20 heteroatoms. The highest BCUT2D eigenvalue weighted by molar-refractivity contribution is 6.34. The molecule has 2 aliphatic heterocycles. The Hall–Kier alpha value is -9.30. The Balaban J connectivity index is 0.000000227. The molecule has 0 saturated carbocycles. The highest BCUT2D eigenvalue weighted by Gasteiger charge is 2.35. The zero-order valence-electron chi connectivity index (χ0n) is 57.2. The molecule has 2 aromatic heterocycles. The number of nitrogens with one attached hydrogen (secondary N) is 1. The first kappa shape index (κ1) is 72.0. The summed E-state index contributed by atoms with van der Waals surface area (Å²) in [6.07, 6.45) is 8.53. The van der Waals surface area contributed by atoms with Crippen LogP contribution in [0.15, 0.2) is 133 Å². The smallest absolute Gasteiger partial charge is 0.274 e. The zero-order valence-corrected chi connectivity index (χ0v) is 58.0. The quantitative estimate of drug-likeness (QED) is 0.0522. The van der Waals surface area contributed by atoms with E-state index >= 15 is 0 Å². The van der Waals surface area contributed by atoms with Crippen molar-refractivity contribution in [2.24, 2.45) is 0 Å². The van der Waals surface area contributed by atoms with Gasteiger partial charge in [-0.1, -0.05) is 132 Å². The number of carbonyl (C=O) groups is 6. The van der Waals surface area contributed by atoms with E-state index in [1.165, 1.54) is 18.0 Å². The van der Waals surface area contributed by atoms with E-state index in [9.17, 15) is 43.4 Å². The van der Waals surface area contributed by atoms with Crippen LogP contribution in [0.2, 0.25) is 5.02 Å². The monoisotopic (exact) mass is 1340 g/mol. The molecule has 97 heavy (non-hydrogen) atoms. The first-order valence-electron chi connectivity index (χ1n) is 33.8. The summed E-state index contributed by atoms with van der Waals surface area (Å²) in [6, 6.07) is 38.5. The maximum absolute atomic E-state index is 14.8. The number of aryl methyl sites for hydroxylation is 2. The molecule has 0 spiro atoms. The van der Waals surface area contributed by atoms with Gasteiger partial charge in [-0.25, -0.2) is 13.8 Å². The summed E-state index contributed by atoms with van der Waals surface area (Å²) in [5.74, 6) is -2.12. The zero-order chi connectivity index (χ0) is 69.6. The Kier molecular flexibility index (Phi) is 24.6. The minimum atomic E-state index is -0.585. The highest BCUT2D eigenvalue weighted by atomic mass is 35.5. The van der Waals surface area contributed by atoms with Gasteiger partial charge in [0.25, 0.3) is 35.4 Å². The van der Waals surface area contributed by atoms with Crippen LogP contribution < -0.4 is 5.32 Å².